The summed E-state index contributed by atoms with van der Waals surface area (Å²) in [6.45, 7) is 0. The van der Waals surface area contributed by atoms with Crippen LogP contribution in [0.5, 0.6) is 0 Å². The molecule has 0 fully saturated rings. The quantitative estimate of drug-likeness (QED) is 0.261. The molecule has 0 saturated heterocycles. The third-order valence-electron chi connectivity index (χ3n) is 4.42. The lowest BCUT2D eigenvalue weighted by Crippen LogP contribution is -2.34. The fourth-order valence-corrected chi connectivity index (χ4v) is 6.56. The smallest absolute Gasteiger partial charge is 0.483 e. The van der Waals surface area contributed by atoms with Gasteiger partial charge in [-0.1, -0.05) is 121 Å². The molecule has 31 heavy (non-hydrogen) atoms. The van der Waals surface area contributed by atoms with Crippen molar-refractivity contribution < 1.29 is 17.5 Å². The number of hydrogen-bond donors (Lipinski definition) is 0. The summed E-state index contributed by atoms with van der Waals surface area (Å²) in [6.07, 6.45) is 0. The average Bonchev–Trinajstić information content (AvgIpc) is 2.83. The van der Waals surface area contributed by atoms with Crippen molar-refractivity contribution in [1.82, 2.24) is 0 Å². The van der Waals surface area contributed by atoms with Crippen LogP contribution in [0, 0.1) is 0 Å². The van der Waals surface area contributed by atoms with Crippen molar-refractivity contribution in [3.8, 4) is 0 Å². The van der Waals surface area contributed by atoms with Crippen LogP contribution in [0.25, 0.3) is 0 Å². The molecule has 0 N–H and O–H groups in total. The van der Waals surface area contributed by atoms with Gasteiger partial charge in [-0.25, -0.2) is 0 Å². The molecular weight excluding hydrogens is 431 g/mol. The van der Waals surface area contributed by atoms with Crippen LogP contribution in [0.1, 0.15) is 0 Å². The summed E-state index contributed by atoms with van der Waals surface area (Å²) in [5, 5.41) is 2.82. The molecule has 2 nitrogen and oxygen atoms in total. The Kier molecular flexibility index (Phi) is 7.22. The van der Waals surface area contributed by atoms with Crippen LogP contribution in [0.3, 0.4) is 0 Å². The van der Waals surface area contributed by atoms with E-state index in [2.05, 4.69) is 0 Å². The maximum Gasteiger partial charge on any atom is 0.608 e. The molecule has 0 saturated carbocycles. The summed E-state index contributed by atoms with van der Waals surface area (Å²) >= 11 is 0. The summed E-state index contributed by atoms with van der Waals surface area (Å²) in [6, 6.07) is 36.5. The van der Waals surface area contributed by atoms with E-state index in [-0.39, 0.29) is 0 Å². The Labute approximate surface area is 183 Å². The van der Waals surface area contributed by atoms with E-state index in [1.807, 2.05) is 121 Å². The highest BCUT2D eigenvalue weighted by Crippen LogP contribution is 2.46. The molecule has 0 spiro atoms. The van der Waals surface area contributed by atoms with E-state index in [1.54, 1.807) is 0 Å². The molecule has 0 aliphatic heterocycles. The Morgan fingerprint density at radius 1 is 0.419 bits per heavy atom. The van der Waals surface area contributed by atoms with Gasteiger partial charge in [0.25, 0.3) is 0 Å². The van der Waals surface area contributed by atoms with E-state index in [0.717, 1.165) is 0 Å². The van der Waals surface area contributed by atoms with Gasteiger partial charge in [-0.15, -0.1) is 0 Å². The van der Waals surface area contributed by atoms with Crippen molar-refractivity contribution in [2.24, 2.45) is 0 Å². The topological polar surface area (TPSA) is 18.5 Å². The van der Waals surface area contributed by atoms with Crippen molar-refractivity contribution >= 4 is 44.6 Å². The van der Waals surface area contributed by atoms with Crippen molar-refractivity contribution in [3.63, 3.8) is 0 Å². The second kappa shape index (κ2) is 10.3. The molecule has 0 unspecified atom stereocenters. The molecule has 156 valence electrons. The predicted molar refractivity (Wildman–Crippen MR) is 128 cm³/mol. The molecule has 0 atom stereocenters. The van der Waals surface area contributed by atoms with Crippen LogP contribution in [-0.4, -0.2) is 7.11 Å². The van der Waals surface area contributed by atoms with E-state index >= 15 is 8.63 Å². The zero-order valence-electron chi connectivity index (χ0n) is 16.6. The van der Waals surface area contributed by atoms with Gasteiger partial charge in [-0.05, 0) is 0 Å². The Morgan fingerprint density at radius 3 is 0.871 bits per heavy atom. The molecule has 0 aromatic heterocycles. The summed E-state index contributed by atoms with van der Waals surface area (Å²) in [5.74, 6) is 0. The molecule has 4 aromatic carbocycles. The molecule has 4 rings (SSSR count). The summed E-state index contributed by atoms with van der Waals surface area (Å²) < 4.78 is 41.6. The lowest BCUT2D eigenvalue weighted by atomic mass is 10.2. The molecule has 0 heterocycles. The van der Waals surface area contributed by atoms with Crippen LogP contribution >= 0.6 is 16.3 Å². The van der Waals surface area contributed by atoms with Gasteiger partial charge in [-0.2, -0.15) is 0 Å². The predicted octanol–water partition coefficient (Wildman–Crippen LogP) is 5.49. The Bertz CT molecular complexity index is 906. The van der Waals surface area contributed by atoms with Gasteiger partial charge in [0.05, 0.1) is 16.3 Å². The first-order valence-electron chi connectivity index (χ1n) is 9.81. The second-order valence-electron chi connectivity index (χ2n) is 6.68. The molecule has 0 aliphatic rings. The van der Waals surface area contributed by atoms with Crippen molar-refractivity contribution in [1.29, 1.82) is 0 Å². The third-order valence-corrected chi connectivity index (χ3v) is 8.40. The van der Waals surface area contributed by atoms with Crippen molar-refractivity contribution in [2.45, 2.75) is 0 Å². The summed E-state index contributed by atoms with van der Waals surface area (Å²) in [4.78, 5) is 0. The standard InChI is InChI=1S/C24H20BF2O2P2/c26-25(27,28-30(21-13-5-1-6-14-21)22-15-7-2-8-16-22)29-31(23-17-9-3-10-18-23)24-19-11-4-12-20-24/h1-20H/q-1. The Morgan fingerprint density at radius 2 is 0.645 bits per heavy atom. The highest BCUT2D eigenvalue weighted by molar-refractivity contribution is 7.71. The minimum absolute atomic E-state index is 0.706. The normalized spacial score (nSPS) is 11.7. The fraction of sp³-hybridized carbons (Fsp3) is 0. The average molecular weight is 451 g/mol. The van der Waals surface area contributed by atoms with Crippen LogP contribution < -0.4 is 21.2 Å². The molecule has 4 aromatic rings. The maximum atomic E-state index is 15.3. The monoisotopic (exact) mass is 451 g/mol. The first-order valence-corrected chi connectivity index (χ1v) is 12.3. The highest BCUT2D eigenvalue weighted by Gasteiger charge is 2.37. The van der Waals surface area contributed by atoms with Crippen molar-refractivity contribution in [2.75, 3.05) is 0 Å². The van der Waals surface area contributed by atoms with Gasteiger partial charge in [0.1, 0.15) is 0 Å². The van der Waals surface area contributed by atoms with Gasteiger partial charge in [0, 0.05) is 21.2 Å². The molecule has 0 radical (unpaired) electrons. The zero-order chi connectivity index (χ0) is 21.5. The number of rotatable bonds is 8. The van der Waals surface area contributed by atoms with E-state index in [9.17, 15) is 0 Å². The lowest BCUT2D eigenvalue weighted by molar-refractivity contribution is 0.274. The Hall–Kier alpha value is -2.42. The molecular formula is C24H20BF2O2P2-. The SMILES string of the molecule is F[B-](F)(OP(c1ccccc1)c1ccccc1)OP(c1ccccc1)c1ccccc1. The highest BCUT2D eigenvalue weighted by atomic mass is 31.1. The van der Waals surface area contributed by atoms with Gasteiger partial charge in [-0.3, -0.25) is 0 Å². The van der Waals surface area contributed by atoms with Gasteiger partial charge >= 0.3 is 7.11 Å². The summed E-state index contributed by atoms with van der Waals surface area (Å²) in [7, 11) is -8.05. The van der Waals surface area contributed by atoms with E-state index < -0.39 is 23.4 Å². The van der Waals surface area contributed by atoms with Crippen LogP contribution in [0.4, 0.5) is 8.63 Å². The fourth-order valence-electron chi connectivity index (χ4n) is 3.06. The van der Waals surface area contributed by atoms with Gasteiger partial charge in [0.15, 0.2) is 0 Å². The second-order valence-corrected chi connectivity index (χ2v) is 10.3. The lowest BCUT2D eigenvalue weighted by Gasteiger charge is -2.35. The first-order chi connectivity index (χ1) is 15.1. The van der Waals surface area contributed by atoms with E-state index in [0.29, 0.717) is 21.2 Å². The summed E-state index contributed by atoms with van der Waals surface area (Å²) in [5.41, 5.74) is 0. The molecule has 0 amide bonds. The van der Waals surface area contributed by atoms with Gasteiger partial charge in [0.2, 0.25) is 0 Å². The van der Waals surface area contributed by atoms with Crippen LogP contribution in [0.2, 0.25) is 0 Å². The Balaban J connectivity index is 1.65. The maximum absolute atomic E-state index is 15.3. The third kappa shape index (κ3) is 5.84. The van der Waals surface area contributed by atoms with E-state index in [1.165, 1.54) is 0 Å². The minimum atomic E-state index is -4.56. The zero-order valence-corrected chi connectivity index (χ0v) is 18.4. The largest absolute Gasteiger partial charge is 0.608 e. The van der Waals surface area contributed by atoms with Gasteiger partial charge < -0.3 is 17.5 Å². The number of hydrogen-bond acceptors (Lipinski definition) is 2. The number of halogens is 2. The number of benzene rings is 4. The molecule has 0 aliphatic carbocycles. The van der Waals surface area contributed by atoms with Crippen LogP contribution in [-0.2, 0) is 8.88 Å². The van der Waals surface area contributed by atoms with E-state index in [4.69, 9.17) is 8.88 Å². The molecule has 0 bridgehead atoms. The van der Waals surface area contributed by atoms with Crippen molar-refractivity contribution in [3.05, 3.63) is 121 Å². The molecule has 7 heteroatoms. The van der Waals surface area contributed by atoms with Crippen LogP contribution in [0.15, 0.2) is 121 Å². The minimum Gasteiger partial charge on any atom is -0.483 e. The first kappa shape index (κ1) is 21.8.